The maximum absolute atomic E-state index is 13.0. The largest absolute Gasteiger partial charge is 0.480 e. The number of carboxylic acids is 1. The van der Waals surface area contributed by atoms with Crippen LogP contribution in [-0.4, -0.2) is 70.8 Å². The van der Waals surface area contributed by atoms with Gasteiger partial charge in [-0.2, -0.15) is 0 Å². The van der Waals surface area contributed by atoms with Crippen LogP contribution in [-0.2, 0) is 16.1 Å². The van der Waals surface area contributed by atoms with Crippen molar-refractivity contribution >= 4 is 12.1 Å². The van der Waals surface area contributed by atoms with Gasteiger partial charge in [-0.1, -0.05) is 12.1 Å². The van der Waals surface area contributed by atoms with Crippen molar-refractivity contribution in [3.05, 3.63) is 35.6 Å². The maximum Gasteiger partial charge on any atom is 0.407 e. The van der Waals surface area contributed by atoms with Gasteiger partial charge in [0, 0.05) is 32.7 Å². The quantitative estimate of drug-likeness (QED) is 0.769. The van der Waals surface area contributed by atoms with E-state index in [1.807, 2.05) is 4.90 Å². The third-order valence-corrected chi connectivity index (χ3v) is 4.59. The molecule has 1 fully saturated rings. The van der Waals surface area contributed by atoms with Crippen LogP contribution in [0.2, 0.25) is 0 Å². The van der Waals surface area contributed by atoms with Crippen LogP contribution in [0.1, 0.15) is 33.3 Å². The van der Waals surface area contributed by atoms with Gasteiger partial charge in [0.2, 0.25) is 0 Å². The number of nitrogens with one attached hydrogen (secondary N) is 1. The normalized spacial score (nSPS) is 18.3. The van der Waals surface area contributed by atoms with Crippen molar-refractivity contribution in [1.29, 1.82) is 0 Å². The van der Waals surface area contributed by atoms with Crippen molar-refractivity contribution < 1.29 is 23.8 Å². The molecule has 1 aliphatic rings. The van der Waals surface area contributed by atoms with Gasteiger partial charge < -0.3 is 15.2 Å². The lowest BCUT2D eigenvalue weighted by atomic mass is 10.1. The van der Waals surface area contributed by atoms with Gasteiger partial charge in [0.1, 0.15) is 17.5 Å². The number of nitrogens with zero attached hydrogens (tertiary/aromatic N) is 2. The molecule has 0 saturated carbocycles. The summed E-state index contributed by atoms with van der Waals surface area (Å²) >= 11 is 0. The number of aliphatic carboxylic acids is 1. The van der Waals surface area contributed by atoms with Gasteiger partial charge in [-0.3, -0.25) is 14.6 Å². The number of carbonyl (C=O) groups excluding carboxylic acids is 1. The zero-order chi connectivity index (χ0) is 20.9. The molecule has 8 heteroatoms. The highest BCUT2D eigenvalue weighted by Gasteiger charge is 2.34. The second kappa shape index (κ2) is 9.34. The fourth-order valence-corrected chi connectivity index (χ4v) is 3.31. The van der Waals surface area contributed by atoms with E-state index in [1.54, 1.807) is 39.8 Å². The molecule has 0 aliphatic carbocycles. The first-order valence-electron chi connectivity index (χ1n) is 9.48. The molecule has 1 amide bonds. The van der Waals surface area contributed by atoms with Gasteiger partial charge in [-0.25, -0.2) is 9.18 Å². The van der Waals surface area contributed by atoms with Crippen molar-refractivity contribution in [3.8, 4) is 0 Å². The summed E-state index contributed by atoms with van der Waals surface area (Å²) in [4.78, 5) is 27.9. The Morgan fingerprint density at radius 3 is 2.25 bits per heavy atom. The van der Waals surface area contributed by atoms with Crippen LogP contribution in [0.3, 0.4) is 0 Å². The van der Waals surface area contributed by atoms with Crippen LogP contribution < -0.4 is 5.32 Å². The molecule has 1 aliphatic heterocycles. The second-order valence-corrected chi connectivity index (χ2v) is 8.16. The summed E-state index contributed by atoms with van der Waals surface area (Å²) in [6.45, 7) is 10.2. The number of carboxylic acid groups (broad SMARTS) is 1. The fraction of sp³-hybridized carbons (Fsp3) is 0.600. The predicted molar refractivity (Wildman–Crippen MR) is 104 cm³/mol. The van der Waals surface area contributed by atoms with E-state index in [-0.39, 0.29) is 5.82 Å². The first-order chi connectivity index (χ1) is 13.0. The SMILES string of the molecule is CC(NC(=O)OC(C)(C)C)C(C(=O)O)N1CCN(Cc2ccc(F)cc2)CC1. The topological polar surface area (TPSA) is 82.1 Å². The lowest BCUT2D eigenvalue weighted by molar-refractivity contribution is -0.145. The molecule has 0 radical (unpaired) electrons. The van der Waals surface area contributed by atoms with Crippen molar-refractivity contribution in [3.63, 3.8) is 0 Å². The molecule has 1 aromatic rings. The summed E-state index contributed by atoms with van der Waals surface area (Å²) in [6, 6.07) is 4.96. The number of benzene rings is 1. The molecule has 0 aromatic heterocycles. The molecule has 2 unspecified atom stereocenters. The minimum atomic E-state index is -0.976. The zero-order valence-corrected chi connectivity index (χ0v) is 16.9. The van der Waals surface area contributed by atoms with Crippen LogP contribution in [0.15, 0.2) is 24.3 Å². The molecule has 1 heterocycles. The minimum Gasteiger partial charge on any atom is -0.480 e. The van der Waals surface area contributed by atoms with Gasteiger partial charge in [0.15, 0.2) is 0 Å². The van der Waals surface area contributed by atoms with Crippen LogP contribution >= 0.6 is 0 Å². The van der Waals surface area contributed by atoms with Gasteiger partial charge in [-0.15, -0.1) is 0 Å². The fourth-order valence-electron chi connectivity index (χ4n) is 3.31. The molecule has 156 valence electrons. The Kier molecular flexibility index (Phi) is 7.37. The Morgan fingerprint density at radius 1 is 1.18 bits per heavy atom. The molecule has 2 N–H and O–H groups in total. The third kappa shape index (κ3) is 6.76. The number of halogens is 1. The smallest absolute Gasteiger partial charge is 0.407 e. The predicted octanol–water partition coefficient (Wildman–Crippen LogP) is 2.31. The van der Waals surface area contributed by atoms with Crippen LogP contribution in [0, 0.1) is 5.82 Å². The van der Waals surface area contributed by atoms with Gasteiger partial charge in [0.25, 0.3) is 0 Å². The highest BCUT2D eigenvalue weighted by molar-refractivity contribution is 5.76. The maximum atomic E-state index is 13.0. The number of piperazine rings is 1. The molecule has 1 saturated heterocycles. The highest BCUT2D eigenvalue weighted by atomic mass is 19.1. The highest BCUT2D eigenvalue weighted by Crippen LogP contribution is 2.14. The first-order valence-corrected chi connectivity index (χ1v) is 9.48. The number of carbonyl (C=O) groups is 2. The summed E-state index contributed by atoms with van der Waals surface area (Å²) in [5, 5.41) is 12.3. The van der Waals surface area contributed by atoms with Crippen molar-refractivity contribution in [1.82, 2.24) is 15.1 Å². The van der Waals surface area contributed by atoms with E-state index < -0.39 is 29.7 Å². The van der Waals surface area contributed by atoms with Crippen LogP contribution in [0.5, 0.6) is 0 Å². The molecular weight excluding hydrogens is 365 g/mol. The Morgan fingerprint density at radius 2 is 1.75 bits per heavy atom. The Labute approximate surface area is 165 Å². The zero-order valence-electron chi connectivity index (χ0n) is 16.9. The number of ether oxygens (including phenoxy) is 1. The third-order valence-electron chi connectivity index (χ3n) is 4.59. The van der Waals surface area contributed by atoms with Gasteiger partial charge in [0.05, 0.1) is 6.04 Å². The molecule has 0 spiro atoms. The lowest BCUT2D eigenvalue weighted by Gasteiger charge is -2.39. The average Bonchev–Trinajstić information content (AvgIpc) is 2.56. The van der Waals surface area contributed by atoms with E-state index in [4.69, 9.17) is 4.74 Å². The minimum absolute atomic E-state index is 0.260. The van der Waals surface area contributed by atoms with Crippen molar-refractivity contribution in [2.24, 2.45) is 0 Å². The number of hydrogen-bond acceptors (Lipinski definition) is 5. The molecule has 7 nitrogen and oxygen atoms in total. The summed E-state index contributed by atoms with van der Waals surface area (Å²) in [6.07, 6.45) is -0.624. The molecular formula is C20H30FN3O4. The summed E-state index contributed by atoms with van der Waals surface area (Å²) in [7, 11) is 0. The summed E-state index contributed by atoms with van der Waals surface area (Å²) in [5.74, 6) is -1.24. The number of rotatable bonds is 6. The van der Waals surface area contributed by atoms with Gasteiger partial charge in [-0.05, 0) is 45.4 Å². The number of alkyl carbamates (subject to hydrolysis) is 1. The van der Waals surface area contributed by atoms with E-state index in [0.717, 1.165) is 5.56 Å². The Bertz CT molecular complexity index is 667. The van der Waals surface area contributed by atoms with E-state index >= 15 is 0 Å². The summed E-state index contributed by atoms with van der Waals surface area (Å²) in [5.41, 5.74) is 0.374. The monoisotopic (exact) mass is 395 g/mol. The molecule has 2 atom stereocenters. The van der Waals surface area contributed by atoms with Crippen molar-refractivity contribution in [2.75, 3.05) is 26.2 Å². The standard InChI is InChI=1S/C20H30FN3O4/c1-14(22-19(27)28-20(2,3)4)17(18(25)26)24-11-9-23(10-12-24)13-15-5-7-16(21)8-6-15/h5-8,14,17H,9-13H2,1-4H3,(H,22,27)(H,25,26). The lowest BCUT2D eigenvalue weighted by Crippen LogP contribution is -2.59. The van der Waals surface area contributed by atoms with E-state index in [0.29, 0.717) is 32.7 Å². The van der Waals surface area contributed by atoms with E-state index in [9.17, 15) is 19.1 Å². The number of amides is 1. The molecule has 2 rings (SSSR count). The first kappa shape index (κ1) is 22.1. The van der Waals surface area contributed by atoms with Crippen LogP contribution in [0.25, 0.3) is 0 Å². The van der Waals surface area contributed by atoms with E-state index in [2.05, 4.69) is 10.2 Å². The van der Waals surface area contributed by atoms with E-state index in [1.165, 1.54) is 12.1 Å². The number of hydrogen-bond donors (Lipinski definition) is 2. The Balaban J connectivity index is 1.90. The van der Waals surface area contributed by atoms with Gasteiger partial charge >= 0.3 is 12.1 Å². The Hall–Kier alpha value is -2.19. The van der Waals surface area contributed by atoms with Crippen molar-refractivity contribution in [2.45, 2.75) is 51.9 Å². The average molecular weight is 395 g/mol. The van der Waals surface area contributed by atoms with Crippen LogP contribution in [0.4, 0.5) is 9.18 Å². The molecule has 28 heavy (non-hydrogen) atoms. The molecule has 1 aromatic carbocycles. The molecule has 0 bridgehead atoms. The summed E-state index contributed by atoms with van der Waals surface area (Å²) < 4.78 is 18.2. The second-order valence-electron chi connectivity index (χ2n) is 8.16.